The molecule has 0 aliphatic rings. The fourth-order valence-electron chi connectivity index (χ4n) is 1.50. The summed E-state index contributed by atoms with van der Waals surface area (Å²) in [5.74, 6) is 1.79. The van der Waals surface area contributed by atoms with Crippen molar-refractivity contribution in [3.63, 3.8) is 0 Å². The number of anilines is 1. The van der Waals surface area contributed by atoms with Crippen molar-refractivity contribution in [1.29, 1.82) is 0 Å². The van der Waals surface area contributed by atoms with Gasteiger partial charge >= 0.3 is 0 Å². The van der Waals surface area contributed by atoms with Gasteiger partial charge in [-0.05, 0) is 6.42 Å². The molecule has 0 amide bonds. The van der Waals surface area contributed by atoms with E-state index in [-0.39, 0.29) is 0 Å². The van der Waals surface area contributed by atoms with Gasteiger partial charge in [-0.3, -0.25) is 4.68 Å². The fourth-order valence-corrected chi connectivity index (χ4v) is 1.50. The fraction of sp³-hybridized carbons (Fsp3) is 0.500. The molecule has 0 spiro atoms. The second kappa shape index (κ2) is 4.78. The van der Waals surface area contributed by atoms with E-state index in [4.69, 9.17) is 0 Å². The molecule has 2 aromatic heterocycles. The predicted molar refractivity (Wildman–Crippen MR) is 60.8 cm³/mol. The molecule has 0 aliphatic heterocycles. The molecule has 6 nitrogen and oxygen atoms in total. The molecular formula is C10H16N6. The number of rotatable bonds is 5. The maximum absolute atomic E-state index is 4.23. The van der Waals surface area contributed by atoms with Crippen LogP contribution in [0.4, 0.5) is 5.82 Å². The van der Waals surface area contributed by atoms with Gasteiger partial charge in [0.25, 0.3) is 0 Å². The lowest BCUT2D eigenvalue weighted by atomic mass is 10.4. The molecule has 0 aromatic carbocycles. The van der Waals surface area contributed by atoms with E-state index in [0.717, 1.165) is 24.6 Å². The Morgan fingerprint density at radius 2 is 2.31 bits per heavy atom. The van der Waals surface area contributed by atoms with Crippen molar-refractivity contribution in [2.75, 3.05) is 5.32 Å². The average molecular weight is 220 g/mol. The van der Waals surface area contributed by atoms with Crippen molar-refractivity contribution >= 4 is 5.82 Å². The third-order valence-corrected chi connectivity index (χ3v) is 2.27. The van der Waals surface area contributed by atoms with E-state index in [9.17, 15) is 0 Å². The molecule has 0 radical (unpaired) electrons. The first kappa shape index (κ1) is 10.7. The minimum absolute atomic E-state index is 0.650. The molecule has 0 fully saturated rings. The Kier molecular flexibility index (Phi) is 3.19. The van der Waals surface area contributed by atoms with Gasteiger partial charge in [-0.15, -0.1) is 0 Å². The van der Waals surface area contributed by atoms with Crippen LogP contribution in [0.2, 0.25) is 0 Å². The van der Waals surface area contributed by atoms with E-state index in [1.807, 2.05) is 24.0 Å². The zero-order valence-electron chi connectivity index (χ0n) is 9.59. The smallest absolute Gasteiger partial charge is 0.148 e. The standard InChI is InChI=1S/C10H16N6/c1-3-5-16-10(12-8-13-16)7-11-9-4-6-15(2)14-9/h4,6,8H,3,5,7H2,1-2H3,(H,11,14). The monoisotopic (exact) mass is 220 g/mol. The highest BCUT2D eigenvalue weighted by molar-refractivity contribution is 5.32. The molecule has 6 heteroatoms. The topological polar surface area (TPSA) is 60.6 Å². The zero-order valence-corrected chi connectivity index (χ0v) is 9.59. The lowest BCUT2D eigenvalue weighted by Gasteiger charge is -2.04. The molecular weight excluding hydrogens is 204 g/mol. The van der Waals surface area contributed by atoms with E-state index in [2.05, 4.69) is 27.4 Å². The molecule has 1 N–H and O–H groups in total. The maximum Gasteiger partial charge on any atom is 0.148 e. The van der Waals surface area contributed by atoms with Crippen LogP contribution in [-0.4, -0.2) is 24.5 Å². The van der Waals surface area contributed by atoms with Crippen LogP contribution in [0.5, 0.6) is 0 Å². The molecule has 0 saturated carbocycles. The second-order valence-corrected chi connectivity index (χ2v) is 3.63. The highest BCUT2D eigenvalue weighted by Gasteiger charge is 2.03. The summed E-state index contributed by atoms with van der Waals surface area (Å²) in [6.45, 7) is 3.67. The first-order chi connectivity index (χ1) is 7.79. The van der Waals surface area contributed by atoms with Crippen LogP contribution in [0.25, 0.3) is 0 Å². The predicted octanol–water partition coefficient (Wildman–Crippen LogP) is 1.03. The third-order valence-electron chi connectivity index (χ3n) is 2.27. The van der Waals surface area contributed by atoms with E-state index in [0.29, 0.717) is 6.54 Å². The van der Waals surface area contributed by atoms with Crippen molar-refractivity contribution in [3.8, 4) is 0 Å². The van der Waals surface area contributed by atoms with Gasteiger partial charge in [-0.1, -0.05) is 6.92 Å². The van der Waals surface area contributed by atoms with Crippen molar-refractivity contribution in [3.05, 3.63) is 24.4 Å². The highest BCUT2D eigenvalue weighted by Crippen LogP contribution is 2.04. The van der Waals surface area contributed by atoms with Gasteiger partial charge in [0.2, 0.25) is 0 Å². The van der Waals surface area contributed by atoms with Crippen LogP contribution >= 0.6 is 0 Å². The third kappa shape index (κ3) is 2.39. The number of nitrogens with one attached hydrogen (secondary N) is 1. The van der Waals surface area contributed by atoms with Crippen molar-refractivity contribution < 1.29 is 0 Å². The Hall–Kier alpha value is -1.85. The van der Waals surface area contributed by atoms with Crippen LogP contribution in [-0.2, 0) is 20.1 Å². The summed E-state index contributed by atoms with van der Waals surface area (Å²) in [6, 6.07) is 1.93. The molecule has 86 valence electrons. The summed E-state index contributed by atoms with van der Waals surface area (Å²) in [6.07, 6.45) is 4.55. The molecule has 0 atom stereocenters. The quantitative estimate of drug-likeness (QED) is 0.817. The number of hydrogen-bond donors (Lipinski definition) is 1. The van der Waals surface area contributed by atoms with Gasteiger partial charge in [0.05, 0.1) is 6.54 Å². The number of nitrogens with zero attached hydrogens (tertiary/aromatic N) is 5. The van der Waals surface area contributed by atoms with Crippen molar-refractivity contribution in [2.45, 2.75) is 26.4 Å². The van der Waals surface area contributed by atoms with E-state index < -0.39 is 0 Å². The minimum Gasteiger partial charge on any atom is -0.361 e. The number of aromatic nitrogens is 5. The minimum atomic E-state index is 0.650. The molecule has 2 aromatic rings. The summed E-state index contributed by atoms with van der Waals surface area (Å²) < 4.78 is 3.68. The van der Waals surface area contributed by atoms with Gasteiger partial charge in [-0.2, -0.15) is 10.2 Å². The molecule has 2 rings (SSSR count). The van der Waals surface area contributed by atoms with E-state index >= 15 is 0 Å². The van der Waals surface area contributed by atoms with E-state index in [1.54, 1.807) is 11.0 Å². The van der Waals surface area contributed by atoms with Crippen molar-refractivity contribution in [2.24, 2.45) is 7.05 Å². The van der Waals surface area contributed by atoms with Crippen LogP contribution in [0.1, 0.15) is 19.2 Å². The normalized spacial score (nSPS) is 10.6. The zero-order chi connectivity index (χ0) is 11.4. The first-order valence-corrected chi connectivity index (χ1v) is 5.40. The molecule has 0 aliphatic carbocycles. The molecule has 2 heterocycles. The Morgan fingerprint density at radius 3 is 3.00 bits per heavy atom. The van der Waals surface area contributed by atoms with Gasteiger partial charge in [0.15, 0.2) is 0 Å². The van der Waals surface area contributed by atoms with Gasteiger partial charge < -0.3 is 5.32 Å². The Balaban J connectivity index is 1.96. The van der Waals surface area contributed by atoms with Crippen LogP contribution in [0.3, 0.4) is 0 Å². The summed E-state index contributed by atoms with van der Waals surface area (Å²) in [7, 11) is 1.89. The molecule has 0 saturated heterocycles. The second-order valence-electron chi connectivity index (χ2n) is 3.63. The van der Waals surface area contributed by atoms with E-state index in [1.165, 1.54) is 0 Å². The van der Waals surface area contributed by atoms with Crippen molar-refractivity contribution in [1.82, 2.24) is 24.5 Å². The van der Waals surface area contributed by atoms with Gasteiger partial charge in [0.1, 0.15) is 18.0 Å². The van der Waals surface area contributed by atoms with Crippen LogP contribution < -0.4 is 5.32 Å². The average Bonchev–Trinajstić information content (AvgIpc) is 2.85. The van der Waals surface area contributed by atoms with Crippen LogP contribution in [0.15, 0.2) is 18.6 Å². The summed E-state index contributed by atoms with van der Waals surface area (Å²) in [5, 5.41) is 11.6. The number of hydrogen-bond acceptors (Lipinski definition) is 4. The van der Waals surface area contributed by atoms with Gasteiger partial charge in [0, 0.05) is 25.9 Å². The Labute approximate surface area is 94.3 Å². The lowest BCUT2D eigenvalue weighted by molar-refractivity contribution is 0.573. The maximum atomic E-state index is 4.23. The Morgan fingerprint density at radius 1 is 1.44 bits per heavy atom. The molecule has 16 heavy (non-hydrogen) atoms. The summed E-state index contributed by atoms with van der Waals surface area (Å²) in [4.78, 5) is 4.21. The van der Waals surface area contributed by atoms with Crippen LogP contribution in [0, 0.1) is 0 Å². The first-order valence-electron chi connectivity index (χ1n) is 5.40. The summed E-state index contributed by atoms with van der Waals surface area (Å²) in [5.41, 5.74) is 0. The SMILES string of the molecule is CCCn1ncnc1CNc1ccn(C)n1. The molecule has 0 unspecified atom stereocenters. The number of aryl methyl sites for hydroxylation is 2. The molecule has 0 bridgehead atoms. The summed E-state index contributed by atoms with van der Waals surface area (Å²) >= 11 is 0. The lowest BCUT2D eigenvalue weighted by Crippen LogP contribution is -2.10. The largest absolute Gasteiger partial charge is 0.361 e. The van der Waals surface area contributed by atoms with Gasteiger partial charge in [-0.25, -0.2) is 9.67 Å². The highest BCUT2D eigenvalue weighted by atomic mass is 15.3. The Bertz CT molecular complexity index is 444.